The third-order valence-electron chi connectivity index (χ3n) is 4.96. The number of likely N-dealkylation sites (tertiary alicyclic amines) is 1. The number of hydrogen-bond acceptors (Lipinski definition) is 3. The summed E-state index contributed by atoms with van der Waals surface area (Å²) >= 11 is 0. The number of nitrogens with zero attached hydrogens (tertiary/aromatic N) is 2. The fourth-order valence-electron chi connectivity index (χ4n) is 3.59. The van der Waals surface area contributed by atoms with Crippen LogP contribution < -0.4 is 4.74 Å². The molecule has 1 saturated heterocycles. The van der Waals surface area contributed by atoms with Gasteiger partial charge in [0.05, 0.1) is 13.2 Å². The van der Waals surface area contributed by atoms with Crippen molar-refractivity contribution in [3.8, 4) is 5.75 Å². The van der Waals surface area contributed by atoms with Gasteiger partial charge in [-0.05, 0) is 50.0 Å². The fraction of sp³-hybridized carbons (Fsp3) is 0.526. The second-order valence-corrected chi connectivity index (χ2v) is 6.64. The Morgan fingerprint density at radius 2 is 2.09 bits per heavy atom. The van der Waals surface area contributed by atoms with E-state index in [9.17, 15) is 4.79 Å². The van der Waals surface area contributed by atoms with Crippen molar-refractivity contribution in [2.24, 2.45) is 0 Å². The average molecular weight is 314 g/mol. The minimum absolute atomic E-state index is 0.0699. The number of carbonyl (C=O) groups is 1. The van der Waals surface area contributed by atoms with Gasteiger partial charge in [-0.2, -0.15) is 0 Å². The quantitative estimate of drug-likeness (QED) is 0.857. The highest BCUT2D eigenvalue weighted by molar-refractivity contribution is 5.84. The molecule has 0 N–H and O–H groups in total. The van der Waals surface area contributed by atoms with Gasteiger partial charge in [-0.15, -0.1) is 0 Å². The minimum Gasteiger partial charge on any atom is -0.497 e. The van der Waals surface area contributed by atoms with Gasteiger partial charge in [0.2, 0.25) is 5.91 Å². The van der Waals surface area contributed by atoms with Crippen molar-refractivity contribution in [3.05, 3.63) is 35.9 Å². The van der Waals surface area contributed by atoms with Crippen LogP contribution in [0, 0.1) is 0 Å². The highest BCUT2D eigenvalue weighted by Crippen LogP contribution is 2.28. The molecule has 0 aliphatic carbocycles. The number of amides is 1. The Balaban J connectivity index is 1.68. The van der Waals surface area contributed by atoms with Crippen molar-refractivity contribution in [2.75, 3.05) is 26.7 Å². The van der Waals surface area contributed by atoms with Crippen LogP contribution in [-0.4, -0.2) is 54.5 Å². The van der Waals surface area contributed by atoms with E-state index in [1.807, 2.05) is 17.0 Å². The monoisotopic (exact) mass is 314 g/mol. The molecule has 1 amide bonds. The lowest BCUT2D eigenvalue weighted by Crippen LogP contribution is -2.45. The number of benzene rings is 1. The van der Waals surface area contributed by atoms with Gasteiger partial charge in [0.1, 0.15) is 5.75 Å². The molecule has 0 bridgehead atoms. The van der Waals surface area contributed by atoms with Gasteiger partial charge in [0.25, 0.3) is 0 Å². The maximum Gasteiger partial charge on any atom is 0.240 e. The molecule has 2 heterocycles. The summed E-state index contributed by atoms with van der Waals surface area (Å²) in [5, 5.41) is 0. The van der Waals surface area contributed by atoms with Gasteiger partial charge in [0.15, 0.2) is 0 Å². The normalized spacial score (nSPS) is 22.6. The van der Waals surface area contributed by atoms with Gasteiger partial charge < -0.3 is 9.64 Å². The molecular weight excluding hydrogens is 288 g/mol. The molecule has 0 radical (unpaired) electrons. The summed E-state index contributed by atoms with van der Waals surface area (Å²) < 4.78 is 5.31. The lowest BCUT2D eigenvalue weighted by molar-refractivity contribution is -0.133. The van der Waals surface area contributed by atoms with Crippen molar-refractivity contribution in [1.29, 1.82) is 0 Å². The highest BCUT2D eigenvalue weighted by Gasteiger charge is 2.37. The van der Waals surface area contributed by atoms with E-state index in [2.05, 4.69) is 37.0 Å². The lowest BCUT2D eigenvalue weighted by atomic mass is 9.98. The van der Waals surface area contributed by atoms with E-state index >= 15 is 0 Å². The van der Waals surface area contributed by atoms with Gasteiger partial charge in [-0.25, -0.2) is 0 Å². The standard InChI is InChI=1S/C19H26N2O2/c1-14(2)21-12-9-18(19(21)22)20-10-7-15(8-11-20)16-5-4-6-17(13-16)23-3/h4-7,13-14,18H,8-12H2,1-3H3. The minimum atomic E-state index is 0.0699. The molecule has 4 heteroatoms. The first-order chi connectivity index (χ1) is 11.1. The Morgan fingerprint density at radius 1 is 1.26 bits per heavy atom. The van der Waals surface area contributed by atoms with Gasteiger partial charge >= 0.3 is 0 Å². The number of ether oxygens (including phenoxy) is 1. The zero-order valence-corrected chi connectivity index (χ0v) is 14.3. The Bertz CT molecular complexity index is 609. The first-order valence-corrected chi connectivity index (χ1v) is 8.48. The number of carbonyl (C=O) groups excluding carboxylic acids is 1. The molecule has 1 atom stereocenters. The first-order valence-electron chi connectivity index (χ1n) is 8.48. The predicted molar refractivity (Wildman–Crippen MR) is 92.4 cm³/mol. The fourth-order valence-corrected chi connectivity index (χ4v) is 3.59. The summed E-state index contributed by atoms with van der Waals surface area (Å²) in [6.45, 7) is 6.89. The molecule has 1 fully saturated rings. The van der Waals surface area contributed by atoms with E-state index < -0.39 is 0 Å². The Labute approximate surface area is 138 Å². The Hall–Kier alpha value is -1.81. The van der Waals surface area contributed by atoms with Crippen LogP contribution in [0.15, 0.2) is 30.3 Å². The second kappa shape index (κ2) is 6.75. The summed E-state index contributed by atoms with van der Waals surface area (Å²) in [4.78, 5) is 16.9. The molecule has 0 spiro atoms. The Morgan fingerprint density at radius 3 is 2.70 bits per heavy atom. The van der Waals surface area contributed by atoms with Gasteiger partial charge in [-0.1, -0.05) is 18.2 Å². The highest BCUT2D eigenvalue weighted by atomic mass is 16.5. The maximum absolute atomic E-state index is 12.5. The molecule has 2 aliphatic rings. The van der Waals surface area contributed by atoms with Crippen LogP contribution >= 0.6 is 0 Å². The van der Waals surface area contributed by atoms with E-state index in [1.165, 1.54) is 11.1 Å². The van der Waals surface area contributed by atoms with Crippen molar-refractivity contribution < 1.29 is 9.53 Å². The topological polar surface area (TPSA) is 32.8 Å². The van der Waals surface area contributed by atoms with E-state index in [-0.39, 0.29) is 6.04 Å². The van der Waals surface area contributed by atoms with Crippen LogP contribution in [0.4, 0.5) is 0 Å². The van der Waals surface area contributed by atoms with Crippen LogP contribution in [0.5, 0.6) is 5.75 Å². The van der Waals surface area contributed by atoms with Crippen molar-refractivity contribution in [3.63, 3.8) is 0 Å². The molecule has 1 aromatic rings. The smallest absolute Gasteiger partial charge is 0.240 e. The zero-order valence-electron chi connectivity index (χ0n) is 14.3. The summed E-state index contributed by atoms with van der Waals surface area (Å²) in [6.07, 6.45) is 4.21. The van der Waals surface area contributed by atoms with Crippen molar-refractivity contribution in [2.45, 2.75) is 38.8 Å². The van der Waals surface area contributed by atoms with Crippen LogP contribution in [0.3, 0.4) is 0 Å². The van der Waals surface area contributed by atoms with Crippen LogP contribution in [-0.2, 0) is 4.79 Å². The van der Waals surface area contributed by atoms with E-state index in [0.29, 0.717) is 11.9 Å². The van der Waals surface area contributed by atoms with Crippen LogP contribution in [0.2, 0.25) is 0 Å². The van der Waals surface area contributed by atoms with Crippen molar-refractivity contribution >= 4 is 11.5 Å². The summed E-state index contributed by atoms with van der Waals surface area (Å²) in [5.74, 6) is 1.20. The van der Waals surface area contributed by atoms with Crippen LogP contribution in [0.1, 0.15) is 32.3 Å². The molecule has 1 unspecified atom stereocenters. The molecule has 0 aromatic heterocycles. The van der Waals surface area contributed by atoms with Crippen LogP contribution in [0.25, 0.3) is 5.57 Å². The molecule has 2 aliphatic heterocycles. The second-order valence-electron chi connectivity index (χ2n) is 6.64. The van der Waals surface area contributed by atoms with E-state index in [1.54, 1.807) is 7.11 Å². The SMILES string of the molecule is COc1cccc(C2=CCN(C3CCN(C(C)C)C3=O)CC2)c1. The molecule has 3 rings (SSSR count). The number of rotatable bonds is 4. The molecule has 0 saturated carbocycles. The zero-order chi connectivity index (χ0) is 16.4. The number of methoxy groups -OCH3 is 1. The van der Waals surface area contributed by atoms with E-state index in [4.69, 9.17) is 4.74 Å². The average Bonchev–Trinajstić information content (AvgIpc) is 2.97. The molecular formula is C19H26N2O2. The molecule has 23 heavy (non-hydrogen) atoms. The maximum atomic E-state index is 12.5. The lowest BCUT2D eigenvalue weighted by Gasteiger charge is -2.31. The van der Waals surface area contributed by atoms with E-state index in [0.717, 1.165) is 38.2 Å². The van der Waals surface area contributed by atoms with Gasteiger partial charge in [-0.3, -0.25) is 9.69 Å². The molecule has 4 nitrogen and oxygen atoms in total. The Kier molecular flexibility index (Phi) is 4.71. The predicted octanol–water partition coefficient (Wildman–Crippen LogP) is 2.79. The summed E-state index contributed by atoms with van der Waals surface area (Å²) in [6, 6.07) is 8.59. The summed E-state index contributed by atoms with van der Waals surface area (Å²) in [7, 11) is 1.70. The third-order valence-corrected chi connectivity index (χ3v) is 4.96. The molecule has 1 aromatic carbocycles. The molecule has 124 valence electrons. The largest absolute Gasteiger partial charge is 0.497 e. The third kappa shape index (κ3) is 3.27. The first kappa shape index (κ1) is 16.1. The number of hydrogen-bond donors (Lipinski definition) is 0. The van der Waals surface area contributed by atoms with Gasteiger partial charge in [0, 0.05) is 25.7 Å². The van der Waals surface area contributed by atoms with Crippen molar-refractivity contribution in [1.82, 2.24) is 9.80 Å². The summed E-state index contributed by atoms with van der Waals surface area (Å²) in [5.41, 5.74) is 2.58.